The van der Waals surface area contributed by atoms with Crippen LogP contribution in [0.4, 0.5) is 0 Å². The van der Waals surface area contributed by atoms with Crippen molar-refractivity contribution in [1.29, 1.82) is 0 Å². The molecular weight excluding hydrogens is 462 g/mol. The van der Waals surface area contributed by atoms with Gasteiger partial charge in [-0.15, -0.1) is 0 Å². The number of hydrogen-bond donors (Lipinski definition) is 7. The second kappa shape index (κ2) is 16.0. The van der Waals surface area contributed by atoms with Crippen molar-refractivity contribution in [3.05, 3.63) is 0 Å². The Labute approximate surface area is 206 Å². The average Bonchev–Trinajstić information content (AvgIpc) is 2.82. The lowest BCUT2D eigenvalue weighted by molar-refractivity contribution is -0.441. The van der Waals surface area contributed by atoms with Crippen LogP contribution in [0, 0.1) is 0 Å². The van der Waals surface area contributed by atoms with Crippen LogP contribution in [0.3, 0.4) is 0 Å². The molecule has 1 fully saturated rings. The average molecular weight is 506 g/mol. The highest BCUT2D eigenvalue weighted by Gasteiger charge is 2.56. The summed E-state index contributed by atoms with van der Waals surface area (Å²) in [6.07, 6.45) is -0.174. The Morgan fingerprint density at radius 1 is 1.00 bits per heavy atom. The maximum absolute atomic E-state index is 12.5. The number of ether oxygens (including phenoxy) is 2. The minimum absolute atomic E-state index is 0.0393. The van der Waals surface area contributed by atoms with Gasteiger partial charge in [-0.25, -0.2) is 0 Å². The monoisotopic (exact) mass is 505 g/mol. The Balaban J connectivity index is 2.52. The molecule has 35 heavy (non-hydrogen) atoms. The zero-order valence-electron chi connectivity index (χ0n) is 21.0. The molecule has 0 aromatic carbocycles. The number of nitrogens with one attached hydrogen (secondary N) is 3. The van der Waals surface area contributed by atoms with Gasteiger partial charge in [0.2, 0.25) is 11.8 Å². The van der Waals surface area contributed by atoms with Crippen molar-refractivity contribution < 1.29 is 44.3 Å². The zero-order chi connectivity index (χ0) is 26.4. The predicted octanol–water partition coefficient (Wildman–Crippen LogP) is -0.972. The molecule has 1 heterocycles. The number of aliphatic hydroxyl groups is 4. The highest BCUT2D eigenvalue weighted by atomic mass is 16.8. The molecule has 1 aliphatic rings. The van der Waals surface area contributed by atoms with Crippen molar-refractivity contribution in [2.24, 2.45) is 0 Å². The molecule has 0 bridgehead atoms. The van der Waals surface area contributed by atoms with Crippen LogP contribution in [-0.4, -0.2) is 94.8 Å². The Kier molecular flexibility index (Phi) is 14.3. The van der Waals surface area contributed by atoms with Crippen LogP contribution >= 0.6 is 0 Å². The number of hydrogen-bond acceptors (Lipinski definition) is 9. The van der Waals surface area contributed by atoms with E-state index in [-0.39, 0.29) is 25.0 Å². The summed E-state index contributed by atoms with van der Waals surface area (Å²) in [5, 5.41) is 48.7. The van der Waals surface area contributed by atoms with E-state index in [1.165, 1.54) is 14.0 Å². The number of likely N-dealkylation sites (N-methyl/N-ethyl adjacent to an activating group) is 1. The Morgan fingerprint density at radius 3 is 2.29 bits per heavy atom. The van der Waals surface area contributed by atoms with E-state index in [1.54, 1.807) is 0 Å². The minimum atomic E-state index is -2.64. The molecule has 0 aliphatic carbocycles. The molecule has 3 unspecified atom stereocenters. The second-order valence-electron chi connectivity index (χ2n) is 8.87. The molecule has 0 radical (unpaired) electrons. The van der Waals surface area contributed by atoms with Gasteiger partial charge in [-0.05, 0) is 25.7 Å². The lowest BCUT2D eigenvalue weighted by Gasteiger charge is -2.44. The van der Waals surface area contributed by atoms with Crippen LogP contribution in [0.1, 0.15) is 71.6 Å². The molecule has 12 nitrogen and oxygen atoms in total. The molecule has 0 saturated carbocycles. The summed E-state index contributed by atoms with van der Waals surface area (Å²) in [7, 11) is 1.47. The lowest BCUT2D eigenvalue weighted by Crippen LogP contribution is -2.68. The van der Waals surface area contributed by atoms with E-state index in [1.807, 2.05) is 0 Å². The first kappa shape index (κ1) is 31.2. The first-order chi connectivity index (χ1) is 16.6. The van der Waals surface area contributed by atoms with E-state index >= 15 is 0 Å². The van der Waals surface area contributed by atoms with Crippen molar-refractivity contribution in [1.82, 2.24) is 16.0 Å². The third kappa shape index (κ3) is 10.4. The molecule has 204 valence electrons. The highest BCUT2D eigenvalue weighted by Crippen LogP contribution is 2.29. The van der Waals surface area contributed by atoms with Gasteiger partial charge >= 0.3 is 5.97 Å². The lowest BCUT2D eigenvalue weighted by atomic mass is 9.96. The Hall–Kier alpha value is -1.83. The van der Waals surface area contributed by atoms with Crippen molar-refractivity contribution in [3.8, 4) is 0 Å². The number of carbonyl (C=O) groups excluding carboxylic acids is 3. The molecular formula is C23H43N3O9. The molecule has 1 rings (SSSR count). The van der Waals surface area contributed by atoms with E-state index in [4.69, 9.17) is 9.47 Å². The molecule has 12 heteroatoms. The molecule has 0 spiro atoms. The van der Waals surface area contributed by atoms with Crippen molar-refractivity contribution in [3.63, 3.8) is 0 Å². The van der Waals surface area contributed by atoms with Crippen LogP contribution in [-0.2, 0) is 23.9 Å². The van der Waals surface area contributed by atoms with Gasteiger partial charge in [0.25, 0.3) is 5.91 Å². The van der Waals surface area contributed by atoms with Crippen LogP contribution in [0.5, 0.6) is 0 Å². The third-order valence-electron chi connectivity index (χ3n) is 5.88. The van der Waals surface area contributed by atoms with E-state index < -0.39 is 42.3 Å². The second-order valence-corrected chi connectivity index (χ2v) is 8.87. The third-order valence-corrected chi connectivity index (χ3v) is 5.88. The van der Waals surface area contributed by atoms with Gasteiger partial charge in [0, 0.05) is 20.5 Å². The zero-order valence-corrected chi connectivity index (χ0v) is 21.0. The van der Waals surface area contributed by atoms with Gasteiger partial charge in [0.1, 0.15) is 18.2 Å². The van der Waals surface area contributed by atoms with E-state index in [0.29, 0.717) is 25.7 Å². The number of carbonyl (C=O) groups is 3. The smallest absolute Gasteiger partial charge is 0.311 e. The first-order valence-corrected chi connectivity index (χ1v) is 12.4. The van der Waals surface area contributed by atoms with Gasteiger partial charge in [-0.2, -0.15) is 0 Å². The topological polar surface area (TPSA) is 187 Å². The molecule has 0 aromatic heterocycles. The summed E-state index contributed by atoms with van der Waals surface area (Å²) in [4.78, 5) is 35.6. The SMILES string of the molecule is CCCCCCCCO[C@]1(O)OC(C(=O)NCCCCC(NC(C)=O)C(=O)NC)[C@@H](O)[C@H](O)C1O. The Bertz CT molecular complexity index is 666. The van der Waals surface area contributed by atoms with Crippen molar-refractivity contribution in [2.45, 2.75) is 108 Å². The fraction of sp³-hybridized carbons (Fsp3) is 0.870. The fourth-order valence-electron chi connectivity index (χ4n) is 3.81. The van der Waals surface area contributed by atoms with Crippen molar-refractivity contribution >= 4 is 17.7 Å². The van der Waals surface area contributed by atoms with E-state index in [0.717, 1.165) is 32.1 Å². The number of aliphatic hydroxyl groups excluding tert-OH is 3. The van der Waals surface area contributed by atoms with Crippen LogP contribution in [0.2, 0.25) is 0 Å². The minimum Gasteiger partial charge on any atom is -0.387 e. The standard InChI is InChI=1S/C23H43N3O9/c1-4-5-6-7-8-11-14-34-23(33)20(30)18(29)17(28)19(35-23)22(32)25-13-10-9-12-16(21(31)24-3)26-15(2)27/h16-20,28-30,33H,4-14H2,1-3H3,(H,24,31)(H,25,32)(H,26,27)/t16?,17-,18-,19?,20?,23-/m0/s1. The molecule has 1 aliphatic heterocycles. The summed E-state index contributed by atoms with van der Waals surface area (Å²) >= 11 is 0. The number of unbranched alkanes of at least 4 members (excludes halogenated alkanes) is 6. The summed E-state index contributed by atoms with van der Waals surface area (Å²) in [5.74, 6) is -4.09. The predicted molar refractivity (Wildman–Crippen MR) is 126 cm³/mol. The quantitative estimate of drug-likeness (QED) is 0.102. The van der Waals surface area contributed by atoms with Crippen LogP contribution in [0.15, 0.2) is 0 Å². The van der Waals surface area contributed by atoms with Gasteiger partial charge in [0.15, 0.2) is 12.2 Å². The van der Waals surface area contributed by atoms with Crippen molar-refractivity contribution in [2.75, 3.05) is 20.2 Å². The fourth-order valence-corrected chi connectivity index (χ4v) is 3.81. The molecule has 3 amide bonds. The highest BCUT2D eigenvalue weighted by molar-refractivity contribution is 5.86. The number of rotatable bonds is 16. The summed E-state index contributed by atoms with van der Waals surface area (Å²) < 4.78 is 10.5. The van der Waals surface area contributed by atoms with Gasteiger partial charge in [-0.3, -0.25) is 14.4 Å². The van der Waals surface area contributed by atoms with E-state index in [9.17, 15) is 34.8 Å². The van der Waals surface area contributed by atoms with Gasteiger partial charge in [0.05, 0.1) is 6.61 Å². The normalized spacial score (nSPS) is 27.2. The molecule has 6 atom stereocenters. The molecule has 0 aromatic rings. The van der Waals surface area contributed by atoms with Gasteiger partial charge < -0.3 is 45.9 Å². The maximum Gasteiger partial charge on any atom is 0.311 e. The summed E-state index contributed by atoms with van der Waals surface area (Å²) in [6, 6.07) is -0.688. The van der Waals surface area contributed by atoms with Crippen LogP contribution in [0.25, 0.3) is 0 Å². The molecule has 7 N–H and O–H groups in total. The summed E-state index contributed by atoms with van der Waals surface area (Å²) in [6.45, 7) is 3.62. The summed E-state index contributed by atoms with van der Waals surface area (Å²) in [5.41, 5.74) is 0. The van der Waals surface area contributed by atoms with E-state index in [2.05, 4.69) is 22.9 Å². The van der Waals surface area contributed by atoms with Crippen LogP contribution < -0.4 is 16.0 Å². The largest absolute Gasteiger partial charge is 0.387 e. The maximum atomic E-state index is 12.5. The Morgan fingerprint density at radius 2 is 1.66 bits per heavy atom. The molecule has 1 saturated heterocycles. The number of amides is 3. The van der Waals surface area contributed by atoms with Gasteiger partial charge in [-0.1, -0.05) is 39.0 Å². The first-order valence-electron chi connectivity index (χ1n) is 12.4.